The van der Waals surface area contributed by atoms with Gasteiger partial charge in [0.1, 0.15) is 0 Å². The molecule has 16 bridgehead atoms. The fourth-order valence-corrected chi connectivity index (χ4v) is 16.9. The molecule has 0 spiro atoms. The van der Waals surface area contributed by atoms with Crippen LogP contribution in [0.25, 0.3) is 167 Å². The lowest BCUT2D eigenvalue weighted by Crippen LogP contribution is -2.08. The largest absolute Gasteiger partial charge is 0.487 e. The first-order valence-corrected chi connectivity index (χ1v) is 41.8. The molecule has 14 aromatic rings. The van der Waals surface area contributed by atoms with Crippen molar-refractivity contribution in [3.8, 4) is 67.5 Å². The molecule has 4 N–H and O–H groups in total. The van der Waals surface area contributed by atoms with Gasteiger partial charge in [-0.15, -0.1) is 0 Å². The minimum absolute atomic E-state index is 0.0601. The number of benzene rings is 6. The third-order valence-corrected chi connectivity index (χ3v) is 23.2. The number of hydrogen-bond donors (Lipinski definition) is 4. The van der Waals surface area contributed by atoms with Crippen molar-refractivity contribution >= 4 is 123 Å². The molecule has 12 nitrogen and oxygen atoms in total. The molecular weight excluding hydrogens is 1610 g/mol. The number of rotatable bonds is 36. The third-order valence-electron chi connectivity index (χ3n) is 23.2. The Morgan fingerprint density at radius 1 is 0.238 bits per heavy atom. The van der Waals surface area contributed by atoms with Crippen molar-refractivity contribution in [2.24, 2.45) is 0 Å². The lowest BCUT2D eigenvalue weighted by atomic mass is 9.97. The number of nitrogens with one attached hydrogen (secondary N) is 4. The van der Waals surface area contributed by atoms with E-state index in [4.69, 9.17) is 38.9 Å². The summed E-state index contributed by atoms with van der Waals surface area (Å²) in [6.07, 6.45) is 22.0. The number of hydrogen-bond acceptors (Lipinski definition) is 8. The minimum Gasteiger partial charge on any atom is -0.487 e. The maximum Gasteiger partial charge on any atom is 0.204 e. The molecule has 16 rings (SSSR count). The quantitative estimate of drug-likeness (QED) is 0.0172. The second-order valence-electron chi connectivity index (χ2n) is 31.3. The Bertz CT molecular complexity index is 6160. The Labute approximate surface area is 688 Å². The van der Waals surface area contributed by atoms with Crippen molar-refractivity contribution in [1.82, 2.24) is 39.9 Å². The predicted molar refractivity (Wildman–Crippen MR) is 445 cm³/mol. The summed E-state index contributed by atoms with van der Waals surface area (Å²) in [6, 6.07) is 10.0. The van der Waals surface area contributed by atoms with Gasteiger partial charge in [-0.2, -0.15) is 35.1 Å². The zero-order valence-corrected chi connectivity index (χ0v) is 67.2. The number of ether oxygens (including phenoxy) is 4. The van der Waals surface area contributed by atoms with E-state index < -0.39 is 194 Å². The van der Waals surface area contributed by atoms with Crippen molar-refractivity contribution in [1.29, 1.82) is 0 Å². The van der Waals surface area contributed by atoms with Crippen LogP contribution in [0, 0.1) is 93.1 Å². The normalized spacial score (nSPS) is 12.5. The maximum absolute atomic E-state index is 17.8. The highest BCUT2D eigenvalue weighted by molar-refractivity contribution is 6.39. The zero-order valence-electron chi connectivity index (χ0n) is 67.2. The summed E-state index contributed by atoms with van der Waals surface area (Å²) < 4.78 is 302. The van der Waals surface area contributed by atoms with Crippen LogP contribution in [0.2, 0.25) is 0 Å². The Morgan fingerprint density at radius 3 is 0.779 bits per heavy atom. The third kappa shape index (κ3) is 15.0. The van der Waals surface area contributed by atoms with E-state index in [2.05, 4.69) is 19.9 Å². The lowest BCUT2D eigenvalue weighted by Gasteiger charge is -2.14. The van der Waals surface area contributed by atoms with Gasteiger partial charge in [-0.3, -0.25) is 0 Å². The molecule has 0 atom stereocenters. The molecule has 0 aliphatic carbocycles. The molecular formula is C94H84F16N8O4. The lowest BCUT2D eigenvalue weighted by molar-refractivity contribution is 0.264. The molecule has 122 heavy (non-hydrogen) atoms. The second-order valence-corrected chi connectivity index (χ2v) is 31.3. The van der Waals surface area contributed by atoms with Crippen LogP contribution in [0.4, 0.5) is 70.2 Å². The molecule has 0 saturated carbocycles. The van der Waals surface area contributed by atoms with Crippen LogP contribution >= 0.6 is 0 Å². The van der Waals surface area contributed by atoms with Crippen molar-refractivity contribution in [3.05, 3.63) is 164 Å². The number of H-pyrrole nitrogens is 4. The molecule has 0 unspecified atom stereocenters. The van der Waals surface area contributed by atoms with Crippen LogP contribution in [-0.4, -0.2) is 66.3 Å². The van der Waals surface area contributed by atoms with Crippen molar-refractivity contribution < 1.29 is 89.2 Å². The number of fused-ring (bicyclic) bond motifs is 16. The first-order chi connectivity index (χ1) is 59.1. The fraction of sp³-hybridized carbons (Fsp3) is 0.340. The van der Waals surface area contributed by atoms with E-state index in [1.54, 1.807) is 0 Å². The minimum atomic E-state index is -1.98. The fourth-order valence-electron chi connectivity index (χ4n) is 16.9. The SMILES string of the molecule is CCCCCCCCOc1c(F)c(F)c(-c2c3nc(c4ccc([nH]4)c(-c4c(F)c(F)c(OCCCCCCCC)c(F)c4F)c4cc5c6cc7nc6c6c8[nH]c(cc8c8cc2[nH]c8c6c5n4)c(-c2c(F)c(F)c(OCCCCCCCC)c(F)c2F)c2nc(c4ccc([nH]4)c7-c4c(F)c(F)c(OCCCCCCCC)c(F)c4F)C=C2)C=C3)c(F)c1F. The summed E-state index contributed by atoms with van der Waals surface area (Å²) in [5, 5.41) is -0.965. The number of aromatic amines is 4. The van der Waals surface area contributed by atoms with E-state index in [-0.39, 0.29) is 140 Å². The van der Waals surface area contributed by atoms with E-state index in [0.717, 1.165) is 103 Å². The summed E-state index contributed by atoms with van der Waals surface area (Å²) in [5.41, 5.74) is -13.1. The van der Waals surface area contributed by atoms with Crippen LogP contribution in [0.5, 0.6) is 23.0 Å². The summed E-state index contributed by atoms with van der Waals surface area (Å²) in [6.45, 7) is 6.65. The van der Waals surface area contributed by atoms with E-state index in [0.29, 0.717) is 25.7 Å². The van der Waals surface area contributed by atoms with Gasteiger partial charge < -0.3 is 38.9 Å². The van der Waals surface area contributed by atoms with Crippen molar-refractivity contribution in [3.63, 3.8) is 0 Å². The highest BCUT2D eigenvalue weighted by atomic mass is 19.2. The first kappa shape index (κ1) is 84.0. The molecule has 2 aliphatic heterocycles. The predicted octanol–water partition coefficient (Wildman–Crippen LogP) is 28.9. The van der Waals surface area contributed by atoms with Gasteiger partial charge in [0.25, 0.3) is 0 Å². The summed E-state index contributed by atoms with van der Waals surface area (Å²) >= 11 is 0. The highest BCUT2D eigenvalue weighted by Crippen LogP contribution is 2.52. The summed E-state index contributed by atoms with van der Waals surface area (Å²) in [7, 11) is 0. The first-order valence-electron chi connectivity index (χ1n) is 41.8. The summed E-state index contributed by atoms with van der Waals surface area (Å²) in [4.78, 5) is 32.1. The van der Waals surface area contributed by atoms with E-state index in [1.807, 2.05) is 27.7 Å². The van der Waals surface area contributed by atoms with Gasteiger partial charge in [0, 0.05) is 76.6 Å². The van der Waals surface area contributed by atoms with E-state index >= 15 is 70.2 Å². The number of halogens is 16. The number of unbranched alkanes of at least 4 members (excludes halogenated alkanes) is 20. The van der Waals surface area contributed by atoms with Gasteiger partial charge in [-0.05, 0) is 98.5 Å². The monoisotopic (exact) mass is 1690 g/mol. The molecule has 8 aromatic heterocycles. The van der Waals surface area contributed by atoms with Crippen LogP contribution in [0.3, 0.4) is 0 Å². The molecule has 0 radical (unpaired) electrons. The molecule has 0 saturated heterocycles. The zero-order chi connectivity index (χ0) is 85.6. The van der Waals surface area contributed by atoms with Gasteiger partial charge in [0.05, 0.1) is 116 Å². The Hall–Kier alpha value is -11.6. The molecule has 10 heterocycles. The molecule has 28 heteroatoms. The molecule has 6 aromatic carbocycles. The highest BCUT2D eigenvalue weighted by Gasteiger charge is 2.38. The van der Waals surface area contributed by atoms with E-state index in [1.165, 1.54) is 72.8 Å². The topological polar surface area (TPSA) is 152 Å². The Kier molecular flexibility index (Phi) is 24.4. The molecule has 0 fully saturated rings. The van der Waals surface area contributed by atoms with Crippen molar-refractivity contribution in [2.75, 3.05) is 26.4 Å². The van der Waals surface area contributed by atoms with Gasteiger partial charge >= 0.3 is 0 Å². The van der Waals surface area contributed by atoms with Crippen LogP contribution in [-0.2, 0) is 0 Å². The number of nitrogens with zero attached hydrogens (tertiary/aromatic N) is 4. The van der Waals surface area contributed by atoms with Gasteiger partial charge in [0.2, 0.25) is 46.5 Å². The number of aromatic nitrogens is 8. The Balaban J connectivity index is 1.06. The van der Waals surface area contributed by atoms with Crippen molar-refractivity contribution in [2.45, 2.75) is 182 Å². The standard InChI is InChI=1S/C94H84F16N8O4/c1-5-9-13-17-21-25-37-119-91-79(103)71(95)65(72(96)80(91)104)61-53-33-29-49(111-53)50-30-34-54(112-50)62(66-73(97)81(105)92(82(106)74(66)98)120-38-26-22-18-14-10-6-2)59-43-47-48-44-60-64(68-77(101)85(109)94(86(110)78(68)102)122-40-28-24-20-16-12-8-4)56-36-32-52(114-56)51-31-35-55(113-51)63(67-75(99)83(107)93(84(108)76(67)100)121-39-27-23-19-15-11-7-3)58-42-46-45-41-57(61)115-87(45)69(89(47)117-59)70(88(46)116-58)90(48)118-60/h29-36,41-44,111,113,117-118H,5-28,37-40H2,1-4H3. The average molecular weight is 1690 g/mol. The molecule has 0 amide bonds. The van der Waals surface area contributed by atoms with Crippen LogP contribution in [0.15, 0.2) is 48.5 Å². The smallest absolute Gasteiger partial charge is 0.204 e. The van der Waals surface area contributed by atoms with Crippen LogP contribution in [0.1, 0.15) is 205 Å². The van der Waals surface area contributed by atoms with Gasteiger partial charge in [-0.1, -0.05) is 156 Å². The van der Waals surface area contributed by atoms with E-state index in [9.17, 15) is 0 Å². The van der Waals surface area contributed by atoms with Crippen LogP contribution < -0.4 is 18.9 Å². The van der Waals surface area contributed by atoms with Gasteiger partial charge in [0.15, 0.2) is 69.5 Å². The second kappa shape index (κ2) is 35.5. The van der Waals surface area contributed by atoms with Gasteiger partial charge in [-0.25, -0.2) is 55.1 Å². The Morgan fingerprint density at radius 2 is 0.492 bits per heavy atom. The molecule has 2 aliphatic rings. The average Bonchev–Trinajstić information content (AvgIpc) is 1.52. The summed E-state index contributed by atoms with van der Waals surface area (Å²) in [5.74, 6) is -37.0. The maximum atomic E-state index is 17.8. The molecule has 636 valence electrons.